The smallest absolute Gasteiger partial charge is 0.244 e. The molecule has 0 saturated carbocycles. The van der Waals surface area contributed by atoms with E-state index in [0.717, 1.165) is 18.5 Å². The SMILES string of the molecule is CCN(CCc1ccccc1)C(=O)C(NC)c1cnn(C)c1. The predicted octanol–water partition coefficient (Wildman–Crippen LogP) is 1.77. The number of carbonyl (C=O) groups is 1. The first-order valence-corrected chi connectivity index (χ1v) is 7.64. The highest BCUT2D eigenvalue weighted by molar-refractivity contribution is 5.83. The fourth-order valence-electron chi connectivity index (χ4n) is 2.54. The van der Waals surface area contributed by atoms with Gasteiger partial charge in [0, 0.05) is 31.9 Å². The van der Waals surface area contributed by atoms with Crippen molar-refractivity contribution < 1.29 is 4.79 Å². The molecule has 1 amide bonds. The molecule has 0 spiro atoms. The lowest BCUT2D eigenvalue weighted by Crippen LogP contribution is -2.40. The number of hydrogen-bond donors (Lipinski definition) is 1. The van der Waals surface area contributed by atoms with Crippen molar-refractivity contribution in [2.45, 2.75) is 19.4 Å². The summed E-state index contributed by atoms with van der Waals surface area (Å²) in [6.45, 7) is 3.43. The van der Waals surface area contributed by atoms with Crippen LogP contribution in [0.1, 0.15) is 24.1 Å². The maximum absolute atomic E-state index is 12.8. The van der Waals surface area contributed by atoms with Gasteiger partial charge in [0.05, 0.1) is 6.20 Å². The number of aryl methyl sites for hydroxylation is 1. The summed E-state index contributed by atoms with van der Waals surface area (Å²) >= 11 is 0. The van der Waals surface area contributed by atoms with Crippen LogP contribution in [0.4, 0.5) is 0 Å². The summed E-state index contributed by atoms with van der Waals surface area (Å²) < 4.78 is 1.72. The third kappa shape index (κ3) is 3.95. The van der Waals surface area contributed by atoms with E-state index in [4.69, 9.17) is 0 Å². The molecule has 1 aromatic carbocycles. The highest BCUT2D eigenvalue weighted by Gasteiger charge is 2.24. The minimum atomic E-state index is -0.343. The Hall–Kier alpha value is -2.14. The minimum Gasteiger partial charge on any atom is -0.341 e. The van der Waals surface area contributed by atoms with Gasteiger partial charge in [-0.15, -0.1) is 0 Å². The van der Waals surface area contributed by atoms with Gasteiger partial charge in [-0.25, -0.2) is 0 Å². The van der Waals surface area contributed by atoms with Crippen molar-refractivity contribution in [2.75, 3.05) is 20.1 Å². The fourth-order valence-corrected chi connectivity index (χ4v) is 2.54. The van der Waals surface area contributed by atoms with Crippen molar-refractivity contribution in [3.05, 3.63) is 53.9 Å². The fraction of sp³-hybridized carbons (Fsp3) is 0.412. The summed E-state index contributed by atoms with van der Waals surface area (Å²) in [5, 5.41) is 7.25. The first-order chi connectivity index (χ1) is 10.7. The third-order valence-electron chi connectivity index (χ3n) is 3.80. The number of nitrogens with zero attached hydrogens (tertiary/aromatic N) is 3. The quantitative estimate of drug-likeness (QED) is 0.848. The van der Waals surface area contributed by atoms with E-state index in [-0.39, 0.29) is 11.9 Å². The van der Waals surface area contributed by atoms with Gasteiger partial charge in [0.15, 0.2) is 0 Å². The van der Waals surface area contributed by atoms with Crippen LogP contribution >= 0.6 is 0 Å². The van der Waals surface area contributed by atoms with E-state index in [1.54, 1.807) is 17.9 Å². The molecular weight excluding hydrogens is 276 g/mol. The van der Waals surface area contributed by atoms with Crippen LogP contribution in [0, 0.1) is 0 Å². The average Bonchev–Trinajstić information content (AvgIpc) is 2.96. The zero-order chi connectivity index (χ0) is 15.9. The lowest BCUT2D eigenvalue weighted by atomic mass is 10.1. The molecule has 0 bridgehead atoms. The van der Waals surface area contributed by atoms with Gasteiger partial charge < -0.3 is 10.2 Å². The maximum Gasteiger partial charge on any atom is 0.244 e. The Kier molecular flexibility index (Phi) is 5.72. The summed E-state index contributed by atoms with van der Waals surface area (Å²) in [4.78, 5) is 14.7. The zero-order valence-corrected chi connectivity index (χ0v) is 13.5. The van der Waals surface area contributed by atoms with Crippen LogP contribution in [0.3, 0.4) is 0 Å². The van der Waals surface area contributed by atoms with Crippen molar-refractivity contribution in [1.29, 1.82) is 0 Å². The predicted molar refractivity (Wildman–Crippen MR) is 87.4 cm³/mol. The van der Waals surface area contributed by atoms with Crippen LogP contribution in [0.15, 0.2) is 42.7 Å². The van der Waals surface area contributed by atoms with Crippen molar-refractivity contribution in [3.8, 4) is 0 Å². The number of likely N-dealkylation sites (N-methyl/N-ethyl adjacent to an activating group) is 2. The van der Waals surface area contributed by atoms with E-state index in [1.807, 2.05) is 43.3 Å². The second-order valence-corrected chi connectivity index (χ2v) is 5.32. The number of benzene rings is 1. The van der Waals surface area contributed by atoms with Gasteiger partial charge in [-0.05, 0) is 26.0 Å². The molecule has 1 heterocycles. The Morgan fingerprint density at radius 1 is 1.36 bits per heavy atom. The number of rotatable bonds is 7. The van der Waals surface area contributed by atoms with Gasteiger partial charge in [0.25, 0.3) is 0 Å². The molecular formula is C17H24N4O. The molecule has 0 aliphatic rings. The molecule has 5 nitrogen and oxygen atoms in total. The lowest BCUT2D eigenvalue weighted by molar-refractivity contribution is -0.133. The molecule has 1 atom stereocenters. The van der Waals surface area contributed by atoms with E-state index in [1.165, 1.54) is 5.56 Å². The standard InChI is InChI=1S/C17H24N4O/c1-4-21(11-10-14-8-6-5-7-9-14)17(22)16(18-2)15-12-19-20(3)13-15/h5-9,12-13,16,18H,4,10-11H2,1-3H3. The summed E-state index contributed by atoms with van der Waals surface area (Å²) in [7, 11) is 3.66. The van der Waals surface area contributed by atoms with Crippen molar-refractivity contribution in [1.82, 2.24) is 20.0 Å². The van der Waals surface area contributed by atoms with Crippen LogP contribution in [-0.2, 0) is 18.3 Å². The molecule has 5 heteroatoms. The van der Waals surface area contributed by atoms with E-state index >= 15 is 0 Å². The molecule has 1 unspecified atom stereocenters. The average molecular weight is 300 g/mol. The Morgan fingerprint density at radius 3 is 2.64 bits per heavy atom. The van der Waals surface area contributed by atoms with Crippen LogP contribution < -0.4 is 5.32 Å². The molecule has 22 heavy (non-hydrogen) atoms. The minimum absolute atomic E-state index is 0.0916. The molecule has 1 N–H and O–H groups in total. The van der Waals surface area contributed by atoms with Crippen LogP contribution in [-0.4, -0.2) is 40.7 Å². The number of carbonyl (C=O) groups excluding carboxylic acids is 1. The summed E-state index contributed by atoms with van der Waals surface area (Å²) in [5.41, 5.74) is 2.14. The van der Waals surface area contributed by atoms with Gasteiger partial charge in [-0.1, -0.05) is 30.3 Å². The lowest BCUT2D eigenvalue weighted by Gasteiger charge is -2.25. The second-order valence-electron chi connectivity index (χ2n) is 5.32. The van der Waals surface area contributed by atoms with E-state index in [9.17, 15) is 4.79 Å². The number of hydrogen-bond acceptors (Lipinski definition) is 3. The first-order valence-electron chi connectivity index (χ1n) is 7.64. The van der Waals surface area contributed by atoms with Crippen LogP contribution in [0.5, 0.6) is 0 Å². The molecule has 0 aliphatic carbocycles. The first kappa shape index (κ1) is 16.2. The molecule has 0 radical (unpaired) electrons. The Balaban J connectivity index is 2.03. The van der Waals surface area contributed by atoms with Gasteiger partial charge in [0.2, 0.25) is 5.91 Å². The van der Waals surface area contributed by atoms with Crippen molar-refractivity contribution in [2.24, 2.45) is 7.05 Å². The third-order valence-corrected chi connectivity index (χ3v) is 3.80. The van der Waals surface area contributed by atoms with Gasteiger partial charge in [0.1, 0.15) is 6.04 Å². The van der Waals surface area contributed by atoms with E-state index in [2.05, 4.69) is 22.5 Å². The van der Waals surface area contributed by atoms with Crippen molar-refractivity contribution >= 4 is 5.91 Å². The summed E-state index contributed by atoms with van der Waals surface area (Å²) in [6, 6.07) is 9.90. The van der Waals surface area contributed by atoms with E-state index < -0.39 is 0 Å². The molecule has 118 valence electrons. The number of nitrogens with one attached hydrogen (secondary N) is 1. The Bertz CT molecular complexity index is 594. The molecule has 2 aromatic rings. The van der Waals surface area contributed by atoms with Gasteiger partial charge >= 0.3 is 0 Å². The van der Waals surface area contributed by atoms with E-state index in [0.29, 0.717) is 6.54 Å². The van der Waals surface area contributed by atoms with Crippen molar-refractivity contribution in [3.63, 3.8) is 0 Å². The zero-order valence-electron chi connectivity index (χ0n) is 13.5. The number of amides is 1. The molecule has 0 saturated heterocycles. The van der Waals surface area contributed by atoms with Gasteiger partial charge in [-0.3, -0.25) is 9.48 Å². The Morgan fingerprint density at radius 2 is 2.09 bits per heavy atom. The molecule has 2 rings (SSSR count). The number of aromatic nitrogens is 2. The van der Waals surface area contributed by atoms with Crippen LogP contribution in [0.25, 0.3) is 0 Å². The molecule has 1 aromatic heterocycles. The Labute approximate surface area is 131 Å². The second kappa shape index (κ2) is 7.75. The summed E-state index contributed by atoms with van der Waals surface area (Å²) in [5.74, 6) is 0.0916. The normalized spacial score (nSPS) is 12.1. The maximum atomic E-state index is 12.8. The molecule has 0 fully saturated rings. The monoisotopic (exact) mass is 300 g/mol. The van der Waals surface area contributed by atoms with Gasteiger partial charge in [-0.2, -0.15) is 5.10 Å². The van der Waals surface area contributed by atoms with Crippen LogP contribution in [0.2, 0.25) is 0 Å². The molecule has 0 aliphatic heterocycles. The highest BCUT2D eigenvalue weighted by Crippen LogP contribution is 2.15. The topological polar surface area (TPSA) is 50.2 Å². The summed E-state index contributed by atoms with van der Waals surface area (Å²) in [6.07, 6.45) is 4.48. The highest BCUT2D eigenvalue weighted by atomic mass is 16.2. The largest absolute Gasteiger partial charge is 0.341 e.